The molecule has 2 heteroatoms. The minimum Gasteiger partial charge on any atom is -0.387 e. The van der Waals surface area contributed by atoms with E-state index < -0.39 is 11.8 Å². The maximum atomic E-state index is 13.4. The van der Waals surface area contributed by atoms with Gasteiger partial charge >= 0.3 is 0 Å². The molecule has 12 heavy (non-hydrogen) atoms. The second kappa shape index (κ2) is 3.23. The van der Waals surface area contributed by atoms with Crippen LogP contribution in [0.4, 0.5) is 4.39 Å². The van der Waals surface area contributed by atoms with Crippen LogP contribution in [0.5, 0.6) is 0 Å². The van der Waals surface area contributed by atoms with Crippen molar-refractivity contribution in [2.45, 2.75) is 25.6 Å². The molecule has 0 radical (unpaired) electrons. The molecule has 1 unspecified atom stereocenters. The van der Waals surface area contributed by atoms with Crippen LogP contribution in [-0.2, 0) is 0 Å². The van der Waals surface area contributed by atoms with Crippen molar-refractivity contribution in [1.82, 2.24) is 0 Å². The van der Waals surface area contributed by atoms with Crippen LogP contribution in [0.3, 0.4) is 0 Å². The zero-order valence-electron chi connectivity index (χ0n) is 7.29. The molecule has 66 valence electrons. The molecule has 0 fully saturated rings. The molecule has 0 saturated carbocycles. The van der Waals surface area contributed by atoms with Gasteiger partial charge in [0.25, 0.3) is 0 Å². The quantitative estimate of drug-likeness (QED) is 0.719. The van der Waals surface area contributed by atoms with Gasteiger partial charge in [-0.3, -0.25) is 0 Å². The maximum absolute atomic E-state index is 13.4. The smallest absolute Gasteiger partial charge is 0.153 e. The van der Waals surface area contributed by atoms with E-state index in [0.29, 0.717) is 5.56 Å². The monoisotopic (exact) mass is 168 g/mol. The van der Waals surface area contributed by atoms with Crippen LogP contribution in [0.2, 0.25) is 0 Å². The largest absolute Gasteiger partial charge is 0.387 e. The summed E-state index contributed by atoms with van der Waals surface area (Å²) in [6.07, 6.45) is -1.32. The minimum absolute atomic E-state index is 0.519. The van der Waals surface area contributed by atoms with Crippen LogP contribution in [0, 0.1) is 0 Å². The summed E-state index contributed by atoms with van der Waals surface area (Å²) in [5, 5.41) is 9.36. The molecule has 1 rings (SSSR count). The van der Waals surface area contributed by atoms with Crippen LogP contribution in [0.15, 0.2) is 30.3 Å². The molecule has 1 aromatic carbocycles. The van der Waals surface area contributed by atoms with Crippen molar-refractivity contribution in [3.05, 3.63) is 35.9 Å². The van der Waals surface area contributed by atoms with E-state index in [-0.39, 0.29) is 0 Å². The Kier molecular flexibility index (Phi) is 2.48. The zero-order chi connectivity index (χ0) is 9.19. The molecule has 1 N–H and O–H groups in total. The Bertz CT molecular complexity index is 238. The van der Waals surface area contributed by atoms with Crippen molar-refractivity contribution < 1.29 is 9.50 Å². The molecule has 0 aliphatic rings. The third-order valence-electron chi connectivity index (χ3n) is 1.71. The second-order valence-electron chi connectivity index (χ2n) is 3.43. The predicted molar refractivity (Wildman–Crippen MR) is 46.6 cm³/mol. The highest BCUT2D eigenvalue weighted by molar-refractivity contribution is 5.19. The topological polar surface area (TPSA) is 20.2 Å². The first-order valence-corrected chi connectivity index (χ1v) is 3.93. The Balaban J connectivity index is 2.86. The van der Waals surface area contributed by atoms with Crippen LogP contribution in [0.1, 0.15) is 25.6 Å². The molecule has 0 aromatic heterocycles. The van der Waals surface area contributed by atoms with Gasteiger partial charge in [0.15, 0.2) is 6.17 Å². The Labute approximate surface area is 71.9 Å². The molecule has 0 saturated heterocycles. The number of rotatable bonds is 2. The van der Waals surface area contributed by atoms with Crippen molar-refractivity contribution >= 4 is 0 Å². The number of hydrogen-bond acceptors (Lipinski definition) is 1. The Morgan fingerprint density at radius 3 is 2.17 bits per heavy atom. The predicted octanol–water partition coefficient (Wildman–Crippen LogP) is 2.47. The minimum atomic E-state index is -1.32. The van der Waals surface area contributed by atoms with Crippen LogP contribution < -0.4 is 0 Å². The highest BCUT2D eigenvalue weighted by Crippen LogP contribution is 2.28. The molecule has 1 aromatic rings. The van der Waals surface area contributed by atoms with Gasteiger partial charge in [-0.05, 0) is 19.4 Å². The number of benzene rings is 1. The lowest BCUT2D eigenvalue weighted by molar-refractivity contribution is -0.00418. The molecule has 0 amide bonds. The number of hydrogen-bond donors (Lipinski definition) is 1. The first-order chi connectivity index (χ1) is 5.52. The van der Waals surface area contributed by atoms with Gasteiger partial charge < -0.3 is 5.11 Å². The van der Waals surface area contributed by atoms with E-state index in [1.807, 2.05) is 6.07 Å². The molecule has 0 aliphatic carbocycles. The average Bonchev–Trinajstić information content (AvgIpc) is 2.03. The molecule has 1 atom stereocenters. The third-order valence-corrected chi connectivity index (χ3v) is 1.71. The van der Waals surface area contributed by atoms with E-state index in [1.165, 1.54) is 13.8 Å². The first kappa shape index (κ1) is 9.20. The average molecular weight is 168 g/mol. The normalized spacial score (nSPS) is 14.3. The summed E-state index contributed by atoms with van der Waals surface area (Å²) in [6, 6.07) is 8.67. The summed E-state index contributed by atoms with van der Waals surface area (Å²) in [5.74, 6) is 0. The Morgan fingerprint density at radius 1 is 1.25 bits per heavy atom. The lowest BCUT2D eigenvalue weighted by Crippen LogP contribution is -2.25. The van der Waals surface area contributed by atoms with Gasteiger partial charge in [0.2, 0.25) is 0 Å². The molecule has 1 nitrogen and oxygen atoms in total. The lowest BCUT2D eigenvalue weighted by atomic mass is 9.96. The molecular weight excluding hydrogens is 155 g/mol. The first-order valence-electron chi connectivity index (χ1n) is 3.93. The summed E-state index contributed by atoms with van der Waals surface area (Å²) in [4.78, 5) is 0. The summed E-state index contributed by atoms with van der Waals surface area (Å²) < 4.78 is 13.4. The number of halogens is 1. The van der Waals surface area contributed by atoms with E-state index in [4.69, 9.17) is 0 Å². The summed E-state index contributed by atoms with van der Waals surface area (Å²) in [5.41, 5.74) is -0.786. The van der Waals surface area contributed by atoms with E-state index >= 15 is 0 Å². The van der Waals surface area contributed by atoms with E-state index in [9.17, 15) is 9.50 Å². The van der Waals surface area contributed by atoms with Crippen molar-refractivity contribution in [3.63, 3.8) is 0 Å². The molecular formula is C10H13FO. The van der Waals surface area contributed by atoms with Gasteiger partial charge in [0, 0.05) is 0 Å². The van der Waals surface area contributed by atoms with Gasteiger partial charge in [-0.15, -0.1) is 0 Å². The van der Waals surface area contributed by atoms with Crippen LogP contribution in [-0.4, -0.2) is 10.7 Å². The molecule has 0 heterocycles. The van der Waals surface area contributed by atoms with Crippen molar-refractivity contribution in [2.24, 2.45) is 0 Å². The van der Waals surface area contributed by atoms with Crippen molar-refractivity contribution in [2.75, 3.05) is 0 Å². The van der Waals surface area contributed by atoms with Gasteiger partial charge in [-0.1, -0.05) is 30.3 Å². The summed E-state index contributed by atoms with van der Waals surface area (Å²) >= 11 is 0. The second-order valence-corrected chi connectivity index (χ2v) is 3.43. The van der Waals surface area contributed by atoms with Crippen LogP contribution >= 0.6 is 0 Å². The fourth-order valence-corrected chi connectivity index (χ4v) is 1.03. The highest BCUT2D eigenvalue weighted by Gasteiger charge is 2.27. The summed E-state index contributed by atoms with van der Waals surface area (Å²) in [6.45, 7) is 2.93. The summed E-state index contributed by atoms with van der Waals surface area (Å²) in [7, 11) is 0. The molecule has 0 spiro atoms. The van der Waals surface area contributed by atoms with Crippen molar-refractivity contribution in [3.8, 4) is 0 Å². The van der Waals surface area contributed by atoms with Gasteiger partial charge in [-0.25, -0.2) is 4.39 Å². The van der Waals surface area contributed by atoms with Gasteiger partial charge in [0.1, 0.15) is 0 Å². The highest BCUT2D eigenvalue weighted by atomic mass is 19.1. The van der Waals surface area contributed by atoms with Crippen molar-refractivity contribution in [1.29, 1.82) is 0 Å². The maximum Gasteiger partial charge on any atom is 0.153 e. The van der Waals surface area contributed by atoms with Crippen LogP contribution in [0.25, 0.3) is 0 Å². The number of aliphatic hydroxyl groups is 1. The Hall–Kier alpha value is -0.890. The van der Waals surface area contributed by atoms with Gasteiger partial charge in [0.05, 0.1) is 5.60 Å². The van der Waals surface area contributed by atoms with E-state index in [1.54, 1.807) is 24.3 Å². The number of alkyl halides is 1. The van der Waals surface area contributed by atoms with E-state index in [2.05, 4.69) is 0 Å². The fourth-order valence-electron chi connectivity index (χ4n) is 1.03. The zero-order valence-corrected chi connectivity index (χ0v) is 7.29. The molecule has 0 aliphatic heterocycles. The Morgan fingerprint density at radius 2 is 1.75 bits per heavy atom. The fraction of sp³-hybridized carbons (Fsp3) is 0.400. The van der Waals surface area contributed by atoms with Gasteiger partial charge in [-0.2, -0.15) is 0 Å². The third kappa shape index (κ3) is 2.05. The lowest BCUT2D eigenvalue weighted by Gasteiger charge is -2.22. The standard InChI is InChI=1S/C10H13FO/c1-10(2,12)9(11)8-6-4-3-5-7-8/h3-7,9,12H,1-2H3. The van der Waals surface area contributed by atoms with E-state index in [0.717, 1.165) is 0 Å². The molecule has 0 bridgehead atoms. The SMILES string of the molecule is CC(C)(O)C(F)c1ccccc1.